The molecule has 0 radical (unpaired) electrons. The van der Waals surface area contributed by atoms with Crippen LogP contribution in [0, 0.1) is 0 Å². The molecule has 1 aliphatic rings. The van der Waals surface area contributed by atoms with Gasteiger partial charge in [0, 0.05) is 6.54 Å². The lowest BCUT2D eigenvalue weighted by Gasteiger charge is -2.34. The zero-order valence-corrected chi connectivity index (χ0v) is 11.5. The summed E-state index contributed by atoms with van der Waals surface area (Å²) in [5.74, 6) is 0.415. The molecule has 0 bridgehead atoms. The van der Waals surface area contributed by atoms with E-state index >= 15 is 0 Å². The van der Waals surface area contributed by atoms with Crippen LogP contribution in [0.15, 0.2) is 22.8 Å². The Kier molecular flexibility index (Phi) is 5.58. The number of ether oxygens (including phenoxy) is 1. The lowest BCUT2D eigenvalue weighted by Crippen LogP contribution is -2.50. The van der Waals surface area contributed by atoms with Gasteiger partial charge < -0.3 is 20.0 Å². The first-order valence-electron chi connectivity index (χ1n) is 6.98. The van der Waals surface area contributed by atoms with E-state index < -0.39 is 6.10 Å². The topological polar surface area (TPSA) is 88.9 Å². The Hall–Kier alpha value is -1.37. The molecule has 2 heterocycles. The molecule has 0 aliphatic carbocycles. The van der Waals surface area contributed by atoms with Crippen LogP contribution in [-0.4, -0.2) is 47.8 Å². The molecule has 2 unspecified atom stereocenters. The Balaban J connectivity index is 1.72. The fraction of sp³-hybridized carbons (Fsp3) is 0.643. The molecule has 20 heavy (non-hydrogen) atoms. The molecule has 0 aromatic carbocycles. The third kappa shape index (κ3) is 4.33. The van der Waals surface area contributed by atoms with E-state index in [2.05, 4.69) is 0 Å². The van der Waals surface area contributed by atoms with E-state index in [9.17, 15) is 9.90 Å². The molecule has 0 saturated carbocycles. The number of likely N-dealkylation sites (tertiary alicyclic amines) is 1. The number of aliphatic hydroxyl groups excluding tert-OH is 1. The molecule has 3 N–H and O–H groups in total. The Bertz CT molecular complexity index is 407. The molecule has 1 aromatic rings. The van der Waals surface area contributed by atoms with E-state index in [1.807, 2.05) is 11.0 Å². The van der Waals surface area contributed by atoms with Gasteiger partial charge in [-0.3, -0.25) is 9.69 Å². The standard InChI is InChI=1S/C14H22N2O4/c15-14(18)13-5-1-2-6-16(13)8-11(17)9-19-10-12-4-3-7-20-12/h3-4,7,11,13,17H,1-2,5-6,8-10H2,(H2,15,18). The number of aliphatic hydroxyl groups is 1. The number of piperidine rings is 1. The van der Waals surface area contributed by atoms with Gasteiger partial charge in [-0.15, -0.1) is 0 Å². The van der Waals surface area contributed by atoms with Crippen LogP contribution in [0.2, 0.25) is 0 Å². The quantitative estimate of drug-likeness (QED) is 0.760. The number of primary amides is 1. The molecule has 2 atom stereocenters. The number of β-amino-alcohol motifs (C(OH)–C–C–N with tert-alkyl or cyclic N) is 1. The number of nitrogens with two attached hydrogens (primary N) is 1. The fourth-order valence-corrected chi connectivity index (χ4v) is 2.55. The van der Waals surface area contributed by atoms with Gasteiger partial charge in [0.15, 0.2) is 0 Å². The predicted octanol–water partition coefficient (Wildman–Crippen LogP) is 0.497. The smallest absolute Gasteiger partial charge is 0.234 e. The number of furan rings is 1. The van der Waals surface area contributed by atoms with Gasteiger partial charge >= 0.3 is 0 Å². The van der Waals surface area contributed by atoms with Gasteiger partial charge in [-0.05, 0) is 31.5 Å². The summed E-state index contributed by atoms with van der Waals surface area (Å²) >= 11 is 0. The van der Waals surface area contributed by atoms with Crippen LogP contribution in [0.5, 0.6) is 0 Å². The Labute approximate surface area is 118 Å². The highest BCUT2D eigenvalue weighted by atomic mass is 16.5. The van der Waals surface area contributed by atoms with Gasteiger partial charge in [0.2, 0.25) is 5.91 Å². The molecule has 1 saturated heterocycles. The lowest BCUT2D eigenvalue weighted by molar-refractivity contribution is -0.125. The van der Waals surface area contributed by atoms with Crippen molar-refractivity contribution in [2.24, 2.45) is 5.73 Å². The first-order chi connectivity index (χ1) is 9.66. The van der Waals surface area contributed by atoms with Crippen molar-refractivity contribution >= 4 is 5.91 Å². The average molecular weight is 282 g/mol. The third-order valence-electron chi connectivity index (χ3n) is 3.52. The summed E-state index contributed by atoms with van der Waals surface area (Å²) in [5, 5.41) is 9.98. The second-order valence-electron chi connectivity index (χ2n) is 5.16. The van der Waals surface area contributed by atoms with Crippen molar-refractivity contribution in [2.45, 2.75) is 38.0 Å². The van der Waals surface area contributed by atoms with E-state index in [0.29, 0.717) is 13.2 Å². The number of hydrogen-bond donors (Lipinski definition) is 2. The molecule has 6 nitrogen and oxygen atoms in total. The van der Waals surface area contributed by atoms with Crippen molar-refractivity contribution in [3.05, 3.63) is 24.2 Å². The minimum absolute atomic E-state index is 0.211. The van der Waals surface area contributed by atoms with Gasteiger partial charge in [-0.25, -0.2) is 0 Å². The summed E-state index contributed by atoms with van der Waals surface area (Å²) in [6.07, 6.45) is 3.76. The molecular weight excluding hydrogens is 260 g/mol. The van der Waals surface area contributed by atoms with Crippen molar-refractivity contribution in [1.82, 2.24) is 4.90 Å². The highest BCUT2D eigenvalue weighted by molar-refractivity contribution is 5.79. The molecule has 1 fully saturated rings. The highest BCUT2D eigenvalue weighted by Gasteiger charge is 2.28. The summed E-state index contributed by atoms with van der Waals surface area (Å²) in [4.78, 5) is 13.3. The van der Waals surface area contributed by atoms with Crippen LogP contribution in [0.3, 0.4) is 0 Å². The molecule has 0 spiro atoms. The largest absolute Gasteiger partial charge is 0.467 e. The van der Waals surface area contributed by atoms with E-state index in [4.69, 9.17) is 14.9 Å². The number of nitrogens with zero attached hydrogens (tertiary/aromatic N) is 1. The van der Waals surface area contributed by atoms with E-state index in [0.717, 1.165) is 31.6 Å². The van der Waals surface area contributed by atoms with Gasteiger partial charge in [-0.1, -0.05) is 6.42 Å². The molecule has 1 aliphatic heterocycles. The maximum absolute atomic E-state index is 11.4. The van der Waals surface area contributed by atoms with Crippen molar-refractivity contribution in [3.8, 4) is 0 Å². The zero-order chi connectivity index (χ0) is 14.4. The van der Waals surface area contributed by atoms with Crippen molar-refractivity contribution in [2.75, 3.05) is 19.7 Å². The fourth-order valence-electron chi connectivity index (χ4n) is 2.55. The van der Waals surface area contributed by atoms with Crippen LogP contribution in [0.1, 0.15) is 25.0 Å². The summed E-state index contributed by atoms with van der Waals surface area (Å²) < 4.78 is 10.5. The Morgan fingerprint density at radius 1 is 1.60 bits per heavy atom. The normalized spacial score (nSPS) is 21.8. The summed E-state index contributed by atoms with van der Waals surface area (Å²) in [6, 6.07) is 3.35. The zero-order valence-electron chi connectivity index (χ0n) is 11.5. The van der Waals surface area contributed by atoms with Crippen LogP contribution in [0.4, 0.5) is 0 Å². The molecule has 2 rings (SSSR count). The average Bonchev–Trinajstić information content (AvgIpc) is 2.92. The maximum Gasteiger partial charge on any atom is 0.234 e. The number of carbonyl (C=O) groups is 1. The highest BCUT2D eigenvalue weighted by Crippen LogP contribution is 2.17. The van der Waals surface area contributed by atoms with Crippen molar-refractivity contribution in [3.63, 3.8) is 0 Å². The lowest BCUT2D eigenvalue weighted by atomic mass is 10.0. The van der Waals surface area contributed by atoms with E-state index in [-0.39, 0.29) is 18.6 Å². The van der Waals surface area contributed by atoms with E-state index in [1.54, 1.807) is 12.3 Å². The van der Waals surface area contributed by atoms with E-state index in [1.165, 1.54) is 0 Å². The second-order valence-corrected chi connectivity index (χ2v) is 5.16. The minimum Gasteiger partial charge on any atom is -0.467 e. The number of carbonyl (C=O) groups excluding carboxylic acids is 1. The van der Waals surface area contributed by atoms with Crippen LogP contribution >= 0.6 is 0 Å². The summed E-state index contributed by atoms with van der Waals surface area (Å²) in [5.41, 5.74) is 5.39. The molecule has 6 heteroatoms. The summed E-state index contributed by atoms with van der Waals surface area (Å²) in [7, 11) is 0. The third-order valence-corrected chi connectivity index (χ3v) is 3.52. The first-order valence-corrected chi connectivity index (χ1v) is 6.98. The molecular formula is C14H22N2O4. The van der Waals surface area contributed by atoms with Gasteiger partial charge in [0.05, 0.1) is 25.0 Å². The van der Waals surface area contributed by atoms with Crippen LogP contribution < -0.4 is 5.73 Å². The van der Waals surface area contributed by atoms with Gasteiger partial charge in [0.1, 0.15) is 12.4 Å². The first kappa shape index (κ1) is 15.0. The number of rotatable bonds is 7. The molecule has 112 valence electrons. The monoisotopic (exact) mass is 282 g/mol. The second kappa shape index (κ2) is 7.42. The molecule has 1 amide bonds. The SMILES string of the molecule is NC(=O)C1CCCCN1CC(O)COCc1ccco1. The molecule has 1 aromatic heterocycles. The summed E-state index contributed by atoms with van der Waals surface area (Å²) in [6.45, 7) is 1.75. The maximum atomic E-state index is 11.4. The van der Waals surface area contributed by atoms with Gasteiger partial charge in [0.25, 0.3) is 0 Å². The van der Waals surface area contributed by atoms with Crippen LogP contribution in [-0.2, 0) is 16.1 Å². The van der Waals surface area contributed by atoms with Gasteiger partial charge in [-0.2, -0.15) is 0 Å². The van der Waals surface area contributed by atoms with Crippen LogP contribution in [0.25, 0.3) is 0 Å². The predicted molar refractivity (Wildman–Crippen MR) is 72.8 cm³/mol. The Morgan fingerprint density at radius 2 is 2.45 bits per heavy atom. The Morgan fingerprint density at radius 3 is 3.15 bits per heavy atom. The van der Waals surface area contributed by atoms with Crippen molar-refractivity contribution in [1.29, 1.82) is 0 Å². The minimum atomic E-state index is -0.634. The number of hydrogen-bond acceptors (Lipinski definition) is 5. The van der Waals surface area contributed by atoms with Crippen molar-refractivity contribution < 1.29 is 19.1 Å². The number of amides is 1.